The lowest BCUT2D eigenvalue weighted by atomic mass is 10.0. The molecule has 0 saturated heterocycles. The van der Waals surface area contributed by atoms with Gasteiger partial charge in [0.1, 0.15) is 0 Å². The van der Waals surface area contributed by atoms with Crippen LogP contribution in [-0.2, 0) is 6.42 Å². The van der Waals surface area contributed by atoms with Gasteiger partial charge in [-0.05, 0) is 49.0 Å². The Hall–Kier alpha value is -1.23. The van der Waals surface area contributed by atoms with Crippen molar-refractivity contribution in [2.24, 2.45) is 0 Å². The fraction of sp³-hybridized carbons (Fsp3) is 0.375. The minimum absolute atomic E-state index is 0.189. The summed E-state index contributed by atoms with van der Waals surface area (Å²) in [5.74, 6) is 1.49. The van der Waals surface area contributed by atoms with Gasteiger partial charge in [0, 0.05) is 10.9 Å². The Balaban J connectivity index is 2.24. The average Bonchev–Trinajstić information content (AvgIpc) is 2.84. The van der Waals surface area contributed by atoms with E-state index in [2.05, 4.69) is 16.8 Å². The van der Waals surface area contributed by atoms with Crippen molar-refractivity contribution in [3.63, 3.8) is 0 Å². The standard InChI is InChI=1S/C16H20ClNO2S/c1-10-9-21-16(15(10)17)12(18-2)7-11-5-6-13(19-3)14(8-11)20-4/h5-6,8-9,12,18H,7H2,1-4H3. The number of likely N-dealkylation sites (N-methyl/N-ethyl adjacent to an activating group) is 1. The van der Waals surface area contributed by atoms with Gasteiger partial charge in [-0.15, -0.1) is 11.3 Å². The van der Waals surface area contributed by atoms with Gasteiger partial charge in [-0.25, -0.2) is 0 Å². The molecule has 3 nitrogen and oxygen atoms in total. The normalized spacial score (nSPS) is 12.2. The van der Waals surface area contributed by atoms with Crippen LogP contribution in [0.15, 0.2) is 23.6 Å². The van der Waals surface area contributed by atoms with E-state index in [-0.39, 0.29) is 6.04 Å². The van der Waals surface area contributed by atoms with E-state index in [1.807, 2.05) is 26.1 Å². The monoisotopic (exact) mass is 325 g/mol. The fourth-order valence-electron chi connectivity index (χ4n) is 2.25. The van der Waals surface area contributed by atoms with E-state index in [1.54, 1.807) is 25.6 Å². The number of benzene rings is 1. The highest BCUT2D eigenvalue weighted by Crippen LogP contribution is 2.35. The highest BCUT2D eigenvalue weighted by Gasteiger charge is 2.17. The summed E-state index contributed by atoms with van der Waals surface area (Å²) in [6, 6.07) is 6.19. The molecule has 114 valence electrons. The molecule has 5 heteroatoms. The maximum Gasteiger partial charge on any atom is 0.160 e. The van der Waals surface area contributed by atoms with Crippen molar-refractivity contribution >= 4 is 22.9 Å². The Kier molecular flexibility index (Phi) is 5.51. The molecule has 1 aromatic heterocycles. The minimum Gasteiger partial charge on any atom is -0.493 e. The van der Waals surface area contributed by atoms with Crippen molar-refractivity contribution in [1.82, 2.24) is 5.32 Å². The molecule has 1 atom stereocenters. The SMILES string of the molecule is CNC(Cc1ccc(OC)c(OC)c1)c1scc(C)c1Cl. The number of halogens is 1. The first-order chi connectivity index (χ1) is 10.1. The van der Waals surface area contributed by atoms with Crippen LogP contribution < -0.4 is 14.8 Å². The largest absolute Gasteiger partial charge is 0.493 e. The van der Waals surface area contributed by atoms with Crippen LogP contribution in [0.1, 0.15) is 22.0 Å². The van der Waals surface area contributed by atoms with Crippen LogP contribution in [0.5, 0.6) is 11.5 Å². The molecule has 1 aromatic carbocycles. The zero-order chi connectivity index (χ0) is 15.4. The average molecular weight is 326 g/mol. The molecule has 0 aliphatic heterocycles. The van der Waals surface area contributed by atoms with Gasteiger partial charge in [-0.2, -0.15) is 0 Å². The van der Waals surface area contributed by atoms with E-state index in [0.29, 0.717) is 0 Å². The maximum atomic E-state index is 6.38. The highest BCUT2D eigenvalue weighted by molar-refractivity contribution is 7.10. The molecular weight excluding hydrogens is 306 g/mol. The molecule has 0 aliphatic rings. The van der Waals surface area contributed by atoms with Gasteiger partial charge in [-0.3, -0.25) is 0 Å². The first kappa shape index (κ1) is 16.1. The number of hydrogen-bond acceptors (Lipinski definition) is 4. The summed E-state index contributed by atoms with van der Waals surface area (Å²) in [6.45, 7) is 2.03. The van der Waals surface area contributed by atoms with Crippen LogP contribution in [0, 0.1) is 6.92 Å². The Labute approximate surface area is 134 Å². The molecule has 0 aliphatic carbocycles. The van der Waals surface area contributed by atoms with Gasteiger partial charge in [-0.1, -0.05) is 17.7 Å². The number of nitrogens with one attached hydrogen (secondary N) is 1. The lowest BCUT2D eigenvalue weighted by Crippen LogP contribution is -2.18. The summed E-state index contributed by atoms with van der Waals surface area (Å²) in [7, 11) is 5.25. The topological polar surface area (TPSA) is 30.5 Å². The van der Waals surface area contributed by atoms with Crippen LogP contribution in [0.2, 0.25) is 5.02 Å². The summed E-state index contributed by atoms with van der Waals surface area (Å²) < 4.78 is 10.6. The molecule has 1 heterocycles. The summed E-state index contributed by atoms with van der Waals surface area (Å²) in [4.78, 5) is 1.17. The first-order valence-corrected chi connectivity index (χ1v) is 7.98. The van der Waals surface area contributed by atoms with Crippen molar-refractivity contribution in [2.75, 3.05) is 21.3 Å². The number of rotatable bonds is 6. The Morgan fingerprint density at radius 1 is 1.24 bits per heavy atom. The zero-order valence-corrected chi connectivity index (χ0v) is 14.3. The molecule has 0 saturated carbocycles. The van der Waals surface area contributed by atoms with Crippen molar-refractivity contribution in [2.45, 2.75) is 19.4 Å². The number of aryl methyl sites for hydroxylation is 1. The van der Waals surface area contributed by atoms with Gasteiger partial charge in [0.2, 0.25) is 0 Å². The zero-order valence-electron chi connectivity index (χ0n) is 12.7. The van der Waals surface area contributed by atoms with E-state index >= 15 is 0 Å². The number of ether oxygens (including phenoxy) is 2. The molecule has 0 spiro atoms. The van der Waals surface area contributed by atoms with Crippen LogP contribution in [0.4, 0.5) is 0 Å². The van der Waals surface area contributed by atoms with Crippen LogP contribution in [0.25, 0.3) is 0 Å². The van der Waals surface area contributed by atoms with Gasteiger partial charge in [0.15, 0.2) is 11.5 Å². The number of hydrogen-bond donors (Lipinski definition) is 1. The van der Waals surface area contributed by atoms with Crippen molar-refractivity contribution < 1.29 is 9.47 Å². The molecule has 2 aromatic rings. The molecule has 0 bridgehead atoms. The minimum atomic E-state index is 0.189. The van der Waals surface area contributed by atoms with Crippen molar-refractivity contribution in [3.05, 3.63) is 44.6 Å². The Bertz CT molecular complexity index is 612. The van der Waals surface area contributed by atoms with E-state index in [4.69, 9.17) is 21.1 Å². The second kappa shape index (κ2) is 7.16. The van der Waals surface area contributed by atoms with Gasteiger partial charge >= 0.3 is 0 Å². The summed E-state index contributed by atoms with van der Waals surface area (Å²) in [6.07, 6.45) is 0.844. The van der Waals surface area contributed by atoms with E-state index in [9.17, 15) is 0 Å². The molecule has 21 heavy (non-hydrogen) atoms. The highest BCUT2D eigenvalue weighted by atomic mass is 35.5. The van der Waals surface area contributed by atoms with Crippen molar-refractivity contribution in [1.29, 1.82) is 0 Å². The second-order valence-electron chi connectivity index (χ2n) is 4.83. The van der Waals surface area contributed by atoms with Gasteiger partial charge in [0.05, 0.1) is 19.2 Å². The Morgan fingerprint density at radius 2 is 1.95 bits per heavy atom. The van der Waals surface area contributed by atoms with Crippen LogP contribution >= 0.6 is 22.9 Å². The lowest BCUT2D eigenvalue weighted by Gasteiger charge is -2.17. The molecule has 0 radical (unpaired) electrons. The number of methoxy groups -OCH3 is 2. The molecule has 0 fully saturated rings. The fourth-order valence-corrected chi connectivity index (χ4v) is 3.69. The smallest absolute Gasteiger partial charge is 0.160 e. The Morgan fingerprint density at radius 3 is 2.48 bits per heavy atom. The predicted octanol–water partition coefficient (Wildman–Crippen LogP) is 4.23. The first-order valence-electron chi connectivity index (χ1n) is 6.72. The third kappa shape index (κ3) is 3.51. The molecule has 1 unspecified atom stereocenters. The molecule has 0 amide bonds. The molecule has 2 rings (SSSR count). The third-order valence-corrected chi connectivity index (χ3v) is 5.31. The summed E-state index contributed by atoms with van der Waals surface area (Å²) in [5.41, 5.74) is 2.30. The third-order valence-electron chi connectivity index (χ3n) is 3.48. The van der Waals surface area contributed by atoms with E-state index in [0.717, 1.165) is 28.5 Å². The van der Waals surface area contributed by atoms with Gasteiger partial charge < -0.3 is 14.8 Å². The second-order valence-corrected chi connectivity index (χ2v) is 6.12. The quantitative estimate of drug-likeness (QED) is 0.862. The van der Waals surface area contributed by atoms with Crippen LogP contribution in [-0.4, -0.2) is 21.3 Å². The summed E-state index contributed by atoms with van der Waals surface area (Å²) >= 11 is 8.08. The molecule has 1 N–H and O–H groups in total. The van der Waals surface area contributed by atoms with E-state index < -0.39 is 0 Å². The summed E-state index contributed by atoms with van der Waals surface area (Å²) in [5, 5.41) is 6.30. The molecular formula is C16H20ClNO2S. The van der Waals surface area contributed by atoms with Crippen molar-refractivity contribution in [3.8, 4) is 11.5 Å². The predicted molar refractivity (Wildman–Crippen MR) is 89.1 cm³/mol. The van der Waals surface area contributed by atoms with Gasteiger partial charge in [0.25, 0.3) is 0 Å². The maximum absolute atomic E-state index is 6.38. The van der Waals surface area contributed by atoms with Crippen LogP contribution in [0.3, 0.4) is 0 Å². The number of thiophene rings is 1. The lowest BCUT2D eigenvalue weighted by molar-refractivity contribution is 0.354. The van der Waals surface area contributed by atoms with E-state index in [1.165, 1.54) is 10.4 Å².